The average molecular weight is 408 g/mol. The van der Waals surface area contributed by atoms with Gasteiger partial charge in [-0.25, -0.2) is 18.7 Å². The van der Waals surface area contributed by atoms with Gasteiger partial charge in [0, 0.05) is 43.4 Å². The van der Waals surface area contributed by atoms with E-state index < -0.39 is 23.1 Å². The van der Waals surface area contributed by atoms with E-state index in [1.165, 1.54) is 6.07 Å². The number of nitrogens with zero attached hydrogens (tertiary/aromatic N) is 5. The molecule has 2 fully saturated rings. The summed E-state index contributed by atoms with van der Waals surface area (Å²) in [6.45, 7) is 1.12. The van der Waals surface area contributed by atoms with Gasteiger partial charge in [-0.15, -0.1) is 0 Å². The van der Waals surface area contributed by atoms with E-state index in [4.69, 9.17) is 5.26 Å². The number of benzene rings is 1. The molecule has 1 aliphatic heterocycles. The van der Waals surface area contributed by atoms with Crippen LogP contribution < -0.4 is 4.90 Å². The fourth-order valence-electron chi connectivity index (χ4n) is 4.68. The molecule has 0 unspecified atom stereocenters. The Balaban J connectivity index is 1.24. The number of aromatic amines is 1. The van der Waals surface area contributed by atoms with Crippen LogP contribution in [-0.4, -0.2) is 51.9 Å². The predicted octanol–water partition coefficient (Wildman–Crippen LogP) is 2.85. The van der Waals surface area contributed by atoms with Crippen LogP contribution >= 0.6 is 0 Å². The minimum absolute atomic E-state index is 0.0442. The Morgan fingerprint density at radius 1 is 1.30 bits per heavy atom. The first kappa shape index (κ1) is 18.5. The van der Waals surface area contributed by atoms with E-state index in [2.05, 4.69) is 19.9 Å². The van der Waals surface area contributed by atoms with Gasteiger partial charge in [-0.1, -0.05) is 0 Å². The van der Waals surface area contributed by atoms with Gasteiger partial charge < -0.3 is 14.8 Å². The number of carbonyl (C=O) groups is 1. The Bertz CT molecular complexity index is 1180. The van der Waals surface area contributed by atoms with Crippen molar-refractivity contribution in [3.8, 4) is 6.07 Å². The van der Waals surface area contributed by atoms with Crippen LogP contribution in [0, 0.1) is 28.4 Å². The van der Waals surface area contributed by atoms with E-state index in [1.54, 1.807) is 11.2 Å². The molecule has 1 aliphatic carbocycles. The number of H-pyrrole nitrogens is 1. The van der Waals surface area contributed by atoms with Crippen LogP contribution in [0.25, 0.3) is 11.0 Å². The number of hydrogen-bond donors (Lipinski definition) is 1. The Morgan fingerprint density at radius 2 is 2.00 bits per heavy atom. The first-order valence-electron chi connectivity index (χ1n) is 9.60. The Morgan fingerprint density at radius 3 is 2.67 bits per heavy atom. The molecule has 152 valence electrons. The minimum atomic E-state index is -1.01. The average Bonchev–Trinajstić information content (AvgIpc) is 3.14. The Hall–Kier alpha value is -3.54. The van der Waals surface area contributed by atoms with Gasteiger partial charge in [-0.05, 0) is 31.0 Å². The summed E-state index contributed by atoms with van der Waals surface area (Å²) in [7, 11) is 2.01. The number of nitriles is 1. The van der Waals surface area contributed by atoms with Crippen molar-refractivity contribution in [2.75, 3.05) is 25.0 Å². The van der Waals surface area contributed by atoms with Crippen LogP contribution in [0.3, 0.4) is 0 Å². The molecular formula is C21H18F2N6O. The number of nitrogens with one attached hydrogen (secondary N) is 1. The van der Waals surface area contributed by atoms with Gasteiger partial charge in [0.15, 0.2) is 0 Å². The van der Waals surface area contributed by atoms with Gasteiger partial charge in [0.2, 0.25) is 0 Å². The molecule has 1 saturated carbocycles. The lowest BCUT2D eigenvalue weighted by Gasteiger charge is -2.60. The zero-order valence-corrected chi connectivity index (χ0v) is 16.2. The molecule has 7 nitrogen and oxygen atoms in total. The minimum Gasteiger partial charge on any atom is -0.356 e. The molecule has 30 heavy (non-hydrogen) atoms. The smallest absolute Gasteiger partial charge is 0.254 e. The number of anilines is 1. The fraction of sp³-hybridized carbons (Fsp3) is 0.333. The molecule has 2 aliphatic rings. The summed E-state index contributed by atoms with van der Waals surface area (Å²) in [4.78, 5) is 28.1. The summed E-state index contributed by atoms with van der Waals surface area (Å²) < 4.78 is 27.6. The molecule has 0 atom stereocenters. The van der Waals surface area contributed by atoms with Crippen molar-refractivity contribution in [3.63, 3.8) is 0 Å². The molecule has 3 heterocycles. The van der Waals surface area contributed by atoms with Crippen LogP contribution in [0.4, 0.5) is 14.6 Å². The van der Waals surface area contributed by atoms with Crippen molar-refractivity contribution in [3.05, 3.63) is 53.5 Å². The van der Waals surface area contributed by atoms with Crippen molar-refractivity contribution >= 4 is 22.8 Å². The highest BCUT2D eigenvalue weighted by Gasteiger charge is 2.55. The van der Waals surface area contributed by atoms with Gasteiger partial charge in [0.05, 0.1) is 5.39 Å². The van der Waals surface area contributed by atoms with Gasteiger partial charge in [0.1, 0.15) is 41.1 Å². The Labute approximate surface area is 170 Å². The lowest BCUT2D eigenvalue weighted by atomic mass is 9.60. The maximum Gasteiger partial charge on any atom is 0.254 e. The number of aromatic nitrogens is 3. The van der Waals surface area contributed by atoms with Crippen LogP contribution in [-0.2, 0) is 0 Å². The number of halogens is 2. The molecule has 1 saturated heterocycles. The second-order valence-corrected chi connectivity index (χ2v) is 8.20. The van der Waals surface area contributed by atoms with E-state index in [1.807, 2.05) is 19.3 Å². The molecule has 0 bridgehead atoms. The maximum absolute atomic E-state index is 13.8. The molecule has 3 aromatic rings. The van der Waals surface area contributed by atoms with Crippen LogP contribution in [0.2, 0.25) is 0 Å². The fourth-order valence-corrected chi connectivity index (χ4v) is 4.68. The highest BCUT2D eigenvalue weighted by Crippen LogP contribution is 2.51. The van der Waals surface area contributed by atoms with Crippen LogP contribution in [0.1, 0.15) is 28.8 Å². The highest BCUT2D eigenvalue weighted by molar-refractivity contribution is 5.95. The quantitative estimate of drug-likeness (QED) is 0.720. The third-order valence-electron chi connectivity index (χ3n) is 6.29. The van der Waals surface area contributed by atoms with Crippen molar-refractivity contribution in [2.45, 2.75) is 18.9 Å². The number of amides is 1. The van der Waals surface area contributed by atoms with Crippen molar-refractivity contribution < 1.29 is 13.6 Å². The zero-order chi connectivity index (χ0) is 21.0. The maximum atomic E-state index is 13.8. The van der Waals surface area contributed by atoms with E-state index in [0.717, 1.165) is 41.8 Å². The summed E-state index contributed by atoms with van der Waals surface area (Å²) >= 11 is 0. The zero-order valence-electron chi connectivity index (χ0n) is 16.2. The van der Waals surface area contributed by atoms with Crippen LogP contribution in [0.5, 0.6) is 0 Å². The Kier molecular flexibility index (Phi) is 4.00. The van der Waals surface area contributed by atoms with Gasteiger partial charge in [-0.3, -0.25) is 4.79 Å². The molecule has 1 N–H and O–H groups in total. The molecule has 0 radical (unpaired) electrons. The third kappa shape index (κ3) is 2.71. The number of hydrogen-bond acceptors (Lipinski definition) is 5. The molecule has 1 spiro atoms. The van der Waals surface area contributed by atoms with Crippen LogP contribution in [0.15, 0.2) is 30.7 Å². The number of rotatable bonds is 3. The first-order valence-corrected chi connectivity index (χ1v) is 9.60. The van der Waals surface area contributed by atoms with Gasteiger partial charge >= 0.3 is 0 Å². The number of fused-ring (bicyclic) bond motifs is 1. The molecular weight excluding hydrogens is 390 g/mol. The van der Waals surface area contributed by atoms with Gasteiger partial charge in [-0.2, -0.15) is 5.26 Å². The highest BCUT2D eigenvalue weighted by atomic mass is 19.1. The van der Waals surface area contributed by atoms with Crippen molar-refractivity contribution in [1.29, 1.82) is 5.26 Å². The second-order valence-electron chi connectivity index (χ2n) is 8.20. The SMILES string of the molecule is CN(c1ncnc2[nH]ccc12)C1CC2(C1)CN(C(=O)c1cc(F)c(C#N)c(F)c1)C2. The molecule has 5 rings (SSSR count). The lowest BCUT2D eigenvalue weighted by molar-refractivity contribution is -0.0541. The third-order valence-corrected chi connectivity index (χ3v) is 6.29. The first-order chi connectivity index (χ1) is 14.4. The second kappa shape index (κ2) is 6.49. The van der Waals surface area contributed by atoms with Crippen molar-refractivity contribution in [2.24, 2.45) is 5.41 Å². The van der Waals surface area contributed by atoms with E-state index >= 15 is 0 Å². The predicted molar refractivity (Wildman–Crippen MR) is 105 cm³/mol. The molecule has 9 heteroatoms. The normalized spacial score (nSPS) is 17.5. The summed E-state index contributed by atoms with van der Waals surface area (Å²) in [5.41, 5.74) is 0.103. The molecule has 1 aromatic carbocycles. The molecule has 1 amide bonds. The van der Waals surface area contributed by atoms with Gasteiger partial charge in [0.25, 0.3) is 5.91 Å². The molecule has 2 aromatic heterocycles. The summed E-state index contributed by atoms with van der Waals surface area (Å²) in [6, 6.07) is 5.59. The largest absolute Gasteiger partial charge is 0.356 e. The topological polar surface area (TPSA) is 88.9 Å². The lowest BCUT2D eigenvalue weighted by Crippen LogP contribution is -2.67. The van der Waals surface area contributed by atoms with E-state index in [-0.39, 0.29) is 11.0 Å². The summed E-state index contributed by atoms with van der Waals surface area (Å²) in [5, 5.41) is 9.73. The summed E-state index contributed by atoms with van der Waals surface area (Å²) in [6.07, 6.45) is 5.21. The standard InChI is InChI=1S/C21H18F2N6O/c1-28(19-14-2-3-25-18(14)26-11-27-19)13-6-21(7-13)9-29(10-21)20(30)12-4-16(22)15(8-24)17(23)5-12/h2-5,11,13H,6-7,9-10H2,1H3,(H,25,26,27). The summed E-state index contributed by atoms with van der Waals surface area (Å²) in [5.74, 6) is -1.56. The van der Waals surface area contributed by atoms with E-state index in [0.29, 0.717) is 19.1 Å². The van der Waals surface area contributed by atoms with E-state index in [9.17, 15) is 13.6 Å². The monoisotopic (exact) mass is 408 g/mol. The van der Waals surface area contributed by atoms with Crippen molar-refractivity contribution in [1.82, 2.24) is 19.9 Å². The number of carbonyl (C=O) groups excluding carboxylic acids is 1. The number of likely N-dealkylation sites (tertiary alicyclic amines) is 1.